The highest BCUT2D eigenvalue weighted by Crippen LogP contribution is 2.19. The molecule has 0 aliphatic carbocycles. The first-order chi connectivity index (χ1) is 12.0. The van der Waals surface area contributed by atoms with Crippen LogP contribution in [0.5, 0.6) is 5.88 Å². The van der Waals surface area contributed by atoms with Crippen LogP contribution in [0.15, 0.2) is 36.5 Å². The molecule has 0 unspecified atom stereocenters. The number of rotatable bonds is 5. The van der Waals surface area contributed by atoms with E-state index < -0.39 is 0 Å². The number of amides is 2. The van der Waals surface area contributed by atoms with Crippen molar-refractivity contribution in [3.05, 3.63) is 42.1 Å². The standard InChI is InChI=1S/C18H22N4O3/c1-13-11-22(15-5-3-2-4-6-15)20-18(13)25-12-16(23)21-9-7-14(8-10-21)17(19)24/h2-6,11,14H,7-10,12H2,1H3,(H2,19,24). The highest BCUT2D eigenvalue weighted by Gasteiger charge is 2.26. The lowest BCUT2D eigenvalue weighted by Gasteiger charge is -2.30. The highest BCUT2D eigenvalue weighted by molar-refractivity contribution is 5.79. The van der Waals surface area contributed by atoms with E-state index in [1.165, 1.54) is 0 Å². The molecule has 1 fully saturated rings. The van der Waals surface area contributed by atoms with Gasteiger partial charge in [0.15, 0.2) is 6.61 Å². The number of carbonyl (C=O) groups excluding carboxylic acids is 2. The molecule has 0 atom stereocenters. The first kappa shape index (κ1) is 17.0. The molecule has 7 nitrogen and oxygen atoms in total. The molecular formula is C18H22N4O3. The quantitative estimate of drug-likeness (QED) is 0.886. The van der Waals surface area contributed by atoms with E-state index >= 15 is 0 Å². The number of hydrogen-bond acceptors (Lipinski definition) is 4. The minimum absolute atomic E-state index is 0.0616. The second kappa shape index (κ2) is 7.38. The van der Waals surface area contributed by atoms with Gasteiger partial charge in [-0.1, -0.05) is 18.2 Å². The van der Waals surface area contributed by atoms with Gasteiger partial charge < -0.3 is 15.4 Å². The van der Waals surface area contributed by atoms with Crippen LogP contribution in [-0.4, -0.2) is 46.2 Å². The summed E-state index contributed by atoms with van der Waals surface area (Å²) < 4.78 is 7.34. The zero-order valence-corrected chi connectivity index (χ0v) is 14.2. The van der Waals surface area contributed by atoms with E-state index in [0.29, 0.717) is 31.8 Å². The van der Waals surface area contributed by atoms with E-state index in [4.69, 9.17) is 10.5 Å². The first-order valence-corrected chi connectivity index (χ1v) is 8.36. The fourth-order valence-electron chi connectivity index (χ4n) is 2.93. The number of carbonyl (C=O) groups is 2. The molecule has 1 aliphatic heterocycles. The van der Waals surface area contributed by atoms with E-state index in [-0.39, 0.29) is 24.3 Å². The lowest BCUT2D eigenvalue weighted by atomic mass is 9.96. The van der Waals surface area contributed by atoms with Crippen LogP contribution in [0.4, 0.5) is 0 Å². The molecule has 25 heavy (non-hydrogen) atoms. The number of primary amides is 1. The summed E-state index contributed by atoms with van der Waals surface area (Å²) in [5.74, 6) is -0.0694. The summed E-state index contributed by atoms with van der Waals surface area (Å²) in [4.78, 5) is 25.2. The van der Waals surface area contributed by atoms with Crippen molar-refractivity contribution in [1.82, 2.24) is 14.7 Å². The van der Waals surface area contributed by atoms with E-state index in [9.17, 15) is 9.59 Å². The summed E-state index contributed by atoms with van der Waals surface area (Å²) in [6, 6.07) is 9.71. The summed E-state index contributed by atoms with van der Waals surface area (Å²) >= 11 is 0. The Bertz CT molecular complexity index is 749. The molecular weight excluding hydrogens is 320 g/mol. The number of para-hydroxylation sites is 1. The number of nitrogens with zero attached hydrogens (tertiary/aromatic N) is 3. The van der Waals surface area contributed by atoms with Gasteiger partial charge in [0.05, 0.1) is 5.69 Å². The van der Waals surface area contributed by atoms with E-state index in [1.807, 2.05) is 43.5 Å². The zero-order chi connectivity index (χ0) is 17.8. The van der Waals surface area contributed by atoms with E-state index in [1.54, 1.807) is 9.58 Å². The number of hydrogen-bond donors (Lipinski definition) is 1. The predicted octanol–water partition coefficient (Wildman–Crippen LogP) is 1.28. The predicted molar refractivity (Wildman–Crippen MR) is 92.3 cm³/mol. The molecule has 0 bridgehead atoms. The van der Waals surface area contributed by atoms with E-state index in [2.05, 4.69) is 5.10 Å². The molecule has 0 spiro atoms. The van der Waals surface area contributed by atoms with Crippen LogP contribution in [0.3, 0.4) is 0 Å². The summed E-state index contributed by atoms with van der Waals surface area (Å²) in [6.07, 6.45) is 3.10. The molecule has 2 amide bonds. The van der Waals surface area contributed by atoms with Gasteiger partial charge >= 0.3 is 0 Å². The number of aromatic nitrogens is 2. The Kier molecular flexibility index (Phi) is 5.02. The number of piperidine rings is 1. The maximum atomic E-state index is 12.3. The fourth-order valence-corrected chi connectivity index (χ4v) is 2.93. The van der Waals surface area contributed by atoms with Crippen molar-refractivity contribution in [3.8, 4) is 11.6 Å². The molecule has 1 aromatic heterocycles. The number of ether oxygens (including phenoxy) is 1. The molecule has 1 saturated heterocycles. The summed E-state index contributed by atoms with van der Waals surface area (Å²) in [7, 11) is 0. The van der Waals surface area contributed by atoms with Crippen LogP contribution in [0, 0.1) is 12.8 Å². The van der Waals surface area contributed by atoms with Crippen molar-refractivity contribution < 1.29 is 14.3 Å². The second-order valence-corrected chi connectivity index (χ2v) is 6.24. The molecule has 3 rings (SSSR count). The van der Waals surface area contributed by atoms with E-state index in [0.717, 1.165) is 11.3 Å². The Morgan fingerprint density at radius 1 is 1.24 bits per heavy atom. The Hall–Kier alpha value is -2.83. The third kappa shape index (κ3) is 3.99. The minimum atomic E-state index is -0.287. The van der Waals surface area contributed by atoms with Crippen LogP contribution in [-0.2, 0) is 9.59 Å². The average Bonchev–Trinajstić information content (AvgIpc) is 3.01. The second-order valence-electron chi connectivity index (χ2n) is 6.24. The van der Waals surface area contributed by atoms with Crippen molar-refractivity contribution in [2.45, 2.75) is 19.8 Å². The largest absolute Gasteiger partial charge is 0.466 e. The normalized spacial score (nSPS) is 15.2. The number of nitrogens with two attached hydrogens (primary N) is 1. The molecule has 2 heterocycles. The molecule has 2 N–H and O–H groups in total. The monoisotopic (exact) mass is 342 g/mol. The Morgan fingerprint density at radius 2 is 1.92 bits per heavy atom. The number of aryl methyl sites for hydroxylation is 1. The minimum Gasteiger partial charge on any atom is -0.466 e. The molecule has 1 aromatic carbocycles. The van der Waals surface area contributed by atoms with Gasteiger partial charge in [0.1, 0.15) is 0 Å². The first-order valence-electron chi connectivity index (χ1n) is 8.36. The smallest absolute Gasteiger partial charge is 0.260 e. The Morgan fingerprint density at radius 3 is 2.56 bits per heavy atom. The van der Waals surface area contributed by atoms with Crippen LogP contribution in [0.25, 0.3) is 5.69 Å². The zero-order valence-electron chi connectivity index (χ0n) is 14.2. The lowest BCUT2D eigenvalue weighted by Crippen LogP contribution is -2.43. The fraction of sp³-hybridized carbons (Fsp3) is 0.389. The van der Waals surface area contributed by atoms with Gasteiger partial charge in [-0.25, -0.2) is 4.68 Å². The molecule has 1 aliphatic rings. The van der Waals surface area contributed by atoms with Crippen molar-refractivity contribution in [2.75, 3.05) is 19.7 Å². The third-order valence-corrected chi connectivity index (χ3v) is 4.45. The van der Waals surface area contributed by atoms with Gasteiger partial charge in [-0.3, -0.25) is 9.59 Å². The third-order valence-electron chi connectivity index (χ3n) is 4.45. The highest BCUT2D eigenvalue weighted by atomic mass is 16.5. The summed E-state index contributed by atoms with van der Waals surface area (Å²) in [6.45, 7) is 2.90. The maximum Gasteiger partial charge on any atom is 0.260 e. The number of likely N-dealkylation sites (tertiary alicyclic amines) is 1. The van der Waals surface area contributed by atoms with Crippen LogP contribution >= 0.6 is 0 Å². The SMILES string of the molecule is Cc1cn(-c2ccccc2)nc1OCC(=O)N1CCC(C(N)=O)CC1. The van der Waals surface area contributed by atoms with Crippen LogP contribution < -0.4 is 10.5 Å². The molecule has 132 valence electrons. The van der Waals surface area contributed by atoms with Crippen molar-refractivity contribution in [2.24, 2.45) is 11.7 Å². The Balaban J connectivity index is 1.56. The van der Waals surface area contributed by atoms with Crippen LogP contribution in [0.1, 0.15) is 18.4 Å². The average molecular weight is 342 g/mol. The van der Waals surface area contributed by atoms with Crippen molar-refractivity contribution in [3.63, 3.8) is 0 Å². The van der Waals surface area contributed by atoms with Gasteiger partial charge in [0.2, 0.25) is 11.8 Å². The van der Waals surface area contributed by atoms with Crippen molar-refractivity contribution >= 4 is 11.8 Å². The van der Waals surface area contributed by atoms with Crippen LogP contribution in [0.2, 0.25) is 0 Å². The van der Waals surface area contributed by atoms with Gasteiger partial charge in [0, 0.05) is 30.8 Å². The van der Waals surface area contributed by atoms with Gasteiger partial charge in [0.25, 0.3) is 5.91 Å². The van der Waals surface area contributed by atoms with Gasteiger partial charge in [-0.2, -0.15) is 0 Å². The molecule has 0 saturated carbocycles. The molecule has 7 heteroatoms. The van der Waals surface area contributed by atoms with Gasteiger partial charge in [-0.15, -0.1) is 5.10 Å². The van der Waals surface area contributed by atoms with Crippen molar-refractivity contribution in [1.29, 1.82) is 0 Å². The van der Waals surface area contributed by atoms with Gasteiger partial charge in [-0.05, 0) is 31.9 Å². The Labute approximate surface area is 146 Å². The molecule has 2 aromatic rings. The summed E-state index contributed by atoms with van der Waals surface area (Å²) in [5.41, 5.74) is 7.11. The lowest BCUT2D eigenvalue weighted by molar-refractivity contribution is -0.136. The summed E-state index contributed by atoms with van der Waals surface area (Å²) in [5, 5.41) is 4.39. The maximum absolute atomic E-state index is 12.3. The topological polar surface area (TPSA) is 90.5 Å². The number of benzene rings is 1. The molecule has 0 radical (unpaired) electrons.